The van der Waals surface area contributed by atoms with E-state index in [1.807, 2.05) is 42.5 Å². The maximum absolute atomic E-state index is 12.7. The lowest BCUT2D eigenvalue weighted by Crippen LogP contribution is -2.51. The summed E-state index contributed by atoms with van der Waals surface area (Å²) in [7, 11) is 0. The van der Waals surface area contributed by atoms with Crippen molar-refractivity contribution in [1.82, 2.24) is 5.32 Å². The normalized spacial score (nSPS) is 20.2. The number of rotatable bonds is 2. The molecule has 0 bridgehead atoms. The number of benzene rings is 2. The van der Waals surface area contributed by atoms with Gasteiger partial charge in [-0.1, -0.05) is 54.6 Å². The van der Waals surface area contributed by atoms with Gasteiger partial charge >= 0.3 is 0 Å². The molecule has 0 aromatic heterocycles. The Morgan fingerprint density at radius 3 is 2.40 bits per heavy atom. The second-order valence-electron chi connectivity index (χ2n) is 7.07. The van der Waals surface area contributed by atoms with Crippen molar-refractivity contribution in [3.63, 3.8) is 0 Å². The van der Waals surface area contributed by atoms with Crippen LogP contribution in [0, 0.1) is 0 Å². The van der Waals surface area contributed by atoms with E-state index in [2.05, 4.69) is 17.4 Å². The maximum atomic E-state index is 12.7. The Morgan fingerprint density at radius 1 is 0.960 bits per heavy atom. The fraction of sp³-hybridized carbons (Fsp3) is 0.273. The van der Waals surface area contributed by atoms with Gasteiger partial charge in [0.25, 0.3) is 0 Å². The standard InChI is InChI=1S/C22H21NO2/c24-18-10-12-22(13-11-18)15-17-8-4-5-9-19(17)20(23-22)14-21(25)16-6-2-1-3-7-16/h1-9,14,23H,10-13,15H2/b20-14-. The van der Waals surface area contributed by atoms with Crippen molar-refractivity contribution in [1.29, 1.82) is 0 Å². The summed E-state index contributed by atoms with van der Waals surface area (Å²) in [5, 5.41) is 3.63. The number of fused-ring (bicyclic) bond motifs is 1. The molecule has 3 nitrogen and oxygen atoms in total. The number of ketones is 2. The fourth-order valence-corrected chi connectivity index (χ4v) is 3.94. The predicted molar refractivity (Wildman–Crippen MR) is 98.2 cm³/mol. The van der Waals surface area contributed by atoms with Gasteiger partial charge in [0.2, 0.25) is 0 Å². The number of hydrogen-bond acceptors (Lipinski definition) is 3. The molecule has 0 amide bonds. The van der Waals surface area contributed by atoms with Crippen LogP contribution in [0.15, 0.2) is 60.7 Å². The SMILES string of the molecule is O=C1CCC2(CC1)Cc1ccccc1/C(=C/C(=O)c1ccccc1)N2. The van der Waals surface area contributed by atoms with Crippen molar-refractivity contribution in [3.05, 3.63) is 77.4 Å². The van der Waals surface area contributed by atoms with Crippen LogP contribution < -0.4 is 5.32 Å². The first kappa shape index (κ1) is 15.8. The molecule has 1 N–H and O–H groups in total. The number of Topliss-reactive ketones (excluding diaryl/α,β-unsaturated/α-hetero) is 1. The van der Waals surface area contributed by atoms with Crippen molar-refractivity contribution < 1.29 is 9.59 Å². The monoisotopic (exact) mass is 331 g/mol. The number of carbonyl (C=O) groups excluding carboxylic acids is 2. The average Bonchev–Trinajstić information content (AvgIpc) is 2.65. The van der Waals surface area contributed by atoms with Gasteiger partial charge in [-0.2, -0.15) is 0 Å². The maximum Gasteiger partial charge on any atom is 0.187 e. The summed E-state index contributed by atoms with van der Waals surface area (Å²) in [4.78, 5) is 24.4. The summed E-state index contributed by atoms with van der Waals surface area (Å²) in [5.41, 5.74) is 3.81. The second kappa shape index (κ2) is 6.32. The fourth-order valence-electron chi connectivity index (χ4n) is 3.94. The number of nitrogens with one attached hydrogen (secondary N) is 1. The molecule has 25 heavy (non-hydrogen) atoms. The first-order chi connectivity index (χ1) is 12.2. The highest BCUT2D eigenvalue weighted by molar-refractivity contribution is 6.08. The van der Waals surface area contributed by atoms with Gasteiger partial charge in [-0.3, -0.25) is 9.59 Å². The third kappa shape index (κ3) is 3.14. The molecule has 1 saturated carbocycles. The van der Waals surface area contributed by atoms with E-state index in [9.17, 15) is 9.59 Å². The van der Waals surface area contributed by atoms with Crippen LogP contribution in [0.4, 0.5) is 0 Å². The highest BCUT2D eigenvalue weighted by Crippen LogP contribution is 2.37. The minimum absolute atomic E-state index is 0.00170. The third-order valence-corrected chi connectivity index (χ3v) is 5.33. The molecule has 1 spiro atoms. The van der Waals surface area contributed by atoms with Crippen molar-refractivity contribution in [2.75, 3.05) is 0 Å². The summed E-state index contributed by atoms with van der Waals surface area (Å²) in [6, 6.07) is 17.6. The molecule has 1 fully saturated rings. The predicted octanol–water partition coefficient (Wildman–Crippen LogP) is 3.94. The van der Waals surface area contributed by atoms with Crippen LogP contribution >= 0.6 is 0 Å². The van der Waals surface area contributed by atoms with E-state index in [0.717, 1.165) is 30.5 Å². The molecule has 0 atom stereocenters. The van der Waals surface area contributed by atoms with Gasteiger partial charge in [-0.05, 0) is 24.8 Å². The third-order valence-electron chi connectivity index (χ3n) is 5.33. The van der Waals surface area contributed by atoms with Gasteiger partial charge in [0, 0.05) is 41.3 Å². The van der Waals surface area contributed by atoms with Crippen molar-refractivity contribution in [2.45, 2.75) is 37.6 Å². The lowest BCUT2D eigenvalue weighted by Gasteiger charge is -2.43. The van der Waals surface area contributed by atoms with Gasteiger partial charge in [0.15, 0.2) is 5.78 Å². The van der Waals surface area contributed by atoms with E-state index < -0.39 is 0 Å². The molecule has 3 heteroatoms. The van der Waals surface area contributed by atoms with Crippen molar-refractivity contribution in [3.8, 4) is 0 Å². The quantitative estimate of drug-likeness (QED) is 0.670. The Bertz CT molecular complexity index is 841. The van der Waals surface area contributed by atoms with Gasteiger partial charge < -0.3 is 5.32 Å². The van der Waals surface area contributed by atoms with Crippen LogP contribution in [0.25, 0.3) is 5.70 Å². The average molecular weight is 331 g/mol. The minimum Gasteiger partial charge on any atom is -0.379 e. The van der Waals surface area contributed by atoms with Crippen molar-refractivity contribution >= 4 is 17.3 Å². The molecule has 2 aliphatic rings. The van der Waals surface area contributed by atoms with Crippen LogP contribution in [0.3, 0.4) is 0 Å². The van der Waals surface area contributed by atoms with E-state index >= 15 is 0 Å². The van der Waals surface area contributed by atoms with E-state index in [0.29, 0.717) is 24.2 Å². The Morgan fingerprint density at radius 2 is 1.64 bits per heavy atom. The van der Waals surface area contributed by atoms with Crippen LogP contribution in [-0.4, -0.2) is 17.1 Å². The van der Waals surface area contributed by atoms with Gasteiger partial charge in [0.1, 0.15) is 5.78 Å². The Balaban J connectivity index is 1.72. The first-order valence-corrected chi connectivity index (χ1v) is 8.84. The van der Waals surface area contributed by atoms with Gasteiger partial charge in [-0.25, -0.2) is 0 Å². The first-order valence-electron chi connectivity index (χ1n) is 8.84. The van der Waals surface area contributed by atoms with Crippen LogP contribution in [-0.2, 0) is 11.2 Å². The molecule has 1 heterocycles. The molecule has 126 valence electrons. The summed E-state index contributed by atoms with van der Waals surface area (Å²) >= 11 is 0. The zero-order valence-corrected chi connectivity index (χ0v) is 14.1. The molecule has 1 aliphatic carbocycles. The highest BCUT2D eigenvalue weighted by Gasteiger charge is 2.39. The molecule has 0 radical (unpaired) electrons. The molecule has 0 saturated heterocycles. The van der Waals surface area contributed by atoms with Crippen LogP contribution in [0.5, 0.6) is 0 Å². The summed E-state index contributed by atoms with van der Waals surface area (Å²) in [6.45, 7) is 0. The van der Waals surface area contributed by atoms with Crippen LogP contribution in [0.2, 0.25) is 0 Å². The molecule has 2 aromatic rings. The van der Waals surface area contributed by atoms with E-state index in [1.54, 1.807) is 6.08 Å². The molecule has 0 unspecified atom stereocenters. The van der Waals surface area contributed by atoms with E-state index in [1.165, 1.54) is 5.56 Å². The lowest BCUT2D eigenvalue weighted by molar-refractivity contribution is -0.121. The van der Waals surface area contributed by atoms with Crippen LogP contribution in [0.1, 0.15) is 47.2 Å². The Labute approximate surface area is 147 Å². The second-order valence-corrected chi connectivity index (χ2v) is 7.07. The van der Waals surface area contributed by atoms with Gasteiger partial charge in [0.05, 0.1) is 0 Å². The zero-order chi connectivity index (χ0) is 17.3. The number of carbonyl (C=O) groups is 2. The summed E-state index contributed by atoms with van der Waals surface area (Å²) in [5.74, 6) is 0.346. The Kier molecular flexibility index (Phi) is 4.00. The van der Waals surface area contributed by atoms with E-state index in [-0.39, 0.29) is 11.3 Å². The molecular formula is C22H21NO2. The van der Waals surface area contributed by atoms with E-state index in [4.69, 9.17) is 0 Å². The summed E-state index contributed by atoms with van der Waals surface area (Å²) < 4.78 is 0. The van der Waals surface area contributed by atoms with Gasteiger partial charge in [-0.15, -0.1) is 0 Å². The minimum atomic E-state index is -0.106. The Hall–Kier alpha value is -2.68. The lowest BCUT2D eigenvalue weighted by atomic mass is 9.73. The zero-order valence-electron chi connectivity index (χ0n) is 14.1. The molecule has 1 aliphatic heterocycles. The number of allylic oxidation sites excluding steroid dienone is 1. The largest absolute Gasteiger partial charge is 0.379 e. The van der Waals surface area contributed by atoms with Crippen molar-refractivity contribution in [2.24, 2.45) is 0 Å². The topological polar surface area (TPSA) is 46.2 Å². The molecule has 4 rings (SSSR count). The smallest absolute Gasteiger partial charge is 0.187 e. The molecule has 2 aromatic carbocycles. The highest BCUT2D eigenvalue weighted by atomic mass is 16.1. The summed E-state index contributed by atoms with van der Waals surface area (Å²) in [6.07, 6.45) is 5.52. The number of hydrogen-bond donors (Lipinski definition) is 1. The molecular weight excluding hydrogens is 310 g/mol.